The minimum Gasteiger partial charge on any atom is -0.391 e. The van der Waals surface area contributed by atoms with Gasteiger partial charge in [0.15, 0.2) is 0 Å². The summed E-state index contributed by atoms with van der Waals surface area (Å²) in [6.45, 7) is 7.40. The predicted octanol–water partition coefficient (Wildman–Crippen LogP) is 2.11. The van der Waals surface area contributed by atoms with Gasteiger partial charge in [-0.3, -0.25) is 9.59 Å². The predicted molar refractivity (Wildman–Crippen MR) is 83.3 cm³/mol. The fourth-order valence-electron chi connectivity index (χ4n) is 1.43. The monoisotopic (exact) mass is 312 g/mol. The van der Waals surface area contributed by atoms with Gasteiger partial charge >= 0.3 is 11.8 Å². The van der Waals surface area contributed by atoms with Crippen molar-refractivity contribution in [2.24, 2.45) is 5.41 Å². The van der Waals surface area contributed by atoms with E-state index >= 15 is 0 Å². The number of benzene rings is 1. The first-order valence-electron chi connectivity index (χ1n) is 6.64. The average Bonchev–Trinajstić information content (AvgIpc) is 2.38. The van der Waals surface area contributed by atoms with Crippen LogP contribution >= 0.6 is 11.6 Å². The second kappa shape index (κ2) is 6.91. The van der Waals surface area contributed by atoms with Gasteiger partial charge in [-0.1, -0.05) is 38.4 Å². The van der Waals surface area contributed by atoms with E-state index in [4.69, 9.17) is 11.6 Å². The Morgan fingerprint density at radius 3 is 2.43 bits per heavy atom. The number of amides is 2. The zero-order valence-corrected chi connectivity index (χ0v) is 13.4. The molecule has 0 aromatic heterocycles. The van der Waals surface area contributed by atoms with E-state index in [1.807, 2.05) is 27.7 Å². The van der Waals surface area contributed by atoms with E-state index < -0.39 is 17.9 Å². The lowest BCUT2D eigenvalue weighted by molar-refractivity contribution is -0.136. The molecular weight excluding hydrogens is 292 g/mol. The minimum absolute atomic E-state index is 0.0183. The average molecular weight is 313 g/mol. The first-order chi connectivity index (χ1) is 9.61. The van der Waals surface area contributed by atoms with Crippen molar-refractivity contribution in [1.82, 2.24) is 5.32 Å². The highest BCUT2D eigenvalue weighted by molar-refractivity contribution is 6.39. The number of carbonyl (C=O) groups excluding carboxylic acids is 2. The normalized spacial score (nSPS) is 12.7. The van der Waals surface area contributed by atoms with Crippen LogP contribution in [0.3, 0.4) is 0 Å². The molecule has 1 aromatic carbocycles. The van der Waals surface area contributed by atoms with Crippen molar-refractivity contribution >= 4 is 29.1 Å². The van der Waals surface area contributed by atoms with Crippen molar-refractivity contribution in [2.45, 2.75) is 33.8 Å². The number of halogens is 1. The number of carbonyl (C=O) groups is 2. The molecule has 2 amide bonds. The first kappa shape index (κ1) is 17.5. The van der Waals surface area contributed by atoms with Crippen LogP contribution in [0.2, 0.25) is 5.02 Å². The molecule has 0 radical (unpaired) electrons. The third kappa shape index (κ3) is 5.36. The molecule has 0 aliphatic rings. The molecule has 0 saturated carbocycles. The Morgan fingerprint density at radius 1 is 1.29 bits per heavy atom. The number of aliphatic hydroxyl groups excluding tert-OH is 1. The van der Waals surface area contributed by atoms with Gasteiger partial charge in [0.1, 0.15) is 0 Å². The van der Waals surface area contributed by atoms with E-state index in [0.29, 0.717) is 10.7 Å². The van der Waals surface area contributed by atoms with E-state index in [1.54, 1.807) is 18.2 Å². The number of hydrogen-bond acceptors (Lipinski definition) is 3. The lowest BCUT2D eigenvalue weighted by Gasteiger charge is -2.25. The van der Waals surface area contributed by atoms with Crippen LogP contribution in [0.4, 0.5) is 5.69 Å². The number of nitrogens with one attached hydrogen (secondary N) is 2. The minimum atomic E-state index is -0.796. The van der Waals surface area contributed by atoms with Gasteiger partial charge in [0.2, 0.25) is 0 Å². The van der Waals surface area contributed by atoms with E-state index in [0.717, 1.165) is 5.56 Å². The van der Waals surface area contributed by atoms with E-state index in [9.17, 15) is 14.7 Å². The van der Waals surface area contributed by atoms with Crippen molar-refractivity contribution in [3.8, 4) is 0 Å². The summed E-state index contributed by atoms with van der Waals surface area (Å²) in [4.78, 5) is 23.4. The van der Waals surface area contributed by atoms with Gasteiger partial charge in [-0.25, -0.2) is 0 Å². The largest absolute Gasteiger partial charge is 0.391 e. The SMILES string of the molecule is Cc1ccc(NC(=O)C(=O)NC[C@@H](O)C(C)(C)C)cc1Cl. The maximum atomic E-state index is 11.7. The van der Waals surface area contributed by atoms with Gasteiger partial charge in [-0.15, -0.1) is 0 Å². The van der Waals surface area contributed by atoms with Crippen LogP contribution in [0, 0.1) is 12.3 Å². The third-order valence-electron chi connectivity index (χ3n) is 3.09. The lowest BCUT2D eigenvalue weighted by Crippen LogP contribution is -2.43. The molecule has 0 saturated heterocycles. The number of hydrogen-bond donors (Lipinski definition) is 3. The maximum Gasteiger partial charge on any atom is 0.313 e. The van der Waals surface area contributed by atoms with Crippen LogP contribution < -0.4 is 10.6 Å². The Labute approximate surface area is 129 Å². The molecule has 0 heterocycles. The molecule has 116 valence electrons. The molecule has 0 aliphatic heterocycles. The molecule has 6 heteroatoms. The summed E-state index contributed by atoms with van der Waals surface area (Å²) in [5.74, 6) is -1.59. The summed E-state index contributed by atoms with van der Waals surface area (Å²) in [5.41, 5.74) is 0.961. The van der Waals surface area contributed by atoms with E-state index in [-0.39, 0.29) is 12.0 Å². The Balaban J connectivity index is 2.55. The van der Waals surface area contributed by atoms with Crippen molar-refractivity contribution in [3.63, 3.8) is 0 Å². The van der Waals surface area contributed by atoms with Crippen LogP contribution in [0.15, 0.2) is 18.2 Å². The number of aliphatic hydroxyl groups is 1. The first-order valence-corrected chi connectivity index (χ1v) is 7.02. The second-order valence-electron chi connectivity index (χ2n) is 6.01. The molecule has 5 nitrogen and oxygen atoms in total. The van der Waals surface area contributed by atoms with Crippen molar-refractivity contribution in [1.29, 1.82) is 0 Å². The summed E-state index contributed by atoms with van der Waals surface area (Å²) in [6, 6.07) is 4.99. The molecule has 0 aliphatic carbocycles. The highest BCUT2D eigenvalue weighted by atomic mass is 35.5. The lowest BCUT2D eigenvalue weighted by atomic mass is 9.89. The summed E-state index contributed by atoms with van der Waals surface area (Å²) < 4.78 is 0. The standard InChI is InChI=1S/C15H21ClN2O3/c1-9-5-6-10(7-11(9)16)18-14(21)13(20)17-8-12(19)15(2,3)4/h5-7,12,19H,8H2,1-4H3,(H,17,20)(H,18,21)/t12-/m1/s1. The van der Waals surface area contributed by atoms with Crippen molar-refractivity contribution in [2.75, 3.05) is 11.9 Å². The quantitative estimate of drug-likeness (QED) is 0.748. The molecule has 3 N–H and O–H groups in total. The molecule has 21 heavy (non-hydrogen) atoms. The topological polar surface area (TPSA) is 78.4 Å². The summed E-state index contributed by atoms with van der Waals surface area (Å²) in [6.07, 6.45) is -0.733. The molecule has 0 unspecified atom stereocenters. The fourth-order valence-corrected chi connectivity index (χ4v) is 1.61. The number of anilines is 1. The van der Waals surface area contributed by atoms with Crippen LogP contribution in [-0.2, 0) is 9.59 Å². The molecular formula is C15H21ClN2O3. The van der Waals surface area contributed by atoms with Gasteiger partial charge in [0.05, 0.1) is 6.10 Å². The second-order valence-corrected chi connectivity index (χ2v) is 6.42. The summed E-state index contributed by atoms with van der Waals surface area (Å²) in [5, 5.41) is 15.2. The Hall–Kier alpha value is -1.59. The molecule has 1 atom stereocenters. The summed E-state index contributed by atoms with van der Waals surface area (Å²) in [7, 11) is 0. The van der Waals surface area contributed by atoms with Crippen LogP contribution in [0.1, 0.15) is 26.3 Å². The highest BCUT2D eigenvalue weighted by Crippen LogP contribution is 2.20. The van der Waals surface area contributed by atoms with Gasteiger partial charge in [0.25, 0.3) is 0 Å². The van der Waals surface area contributed by atoms with Crippen molar-refractivity contribution < 1.29 is 14.7 Å². The third-order valence-corrected chi connectivity index (χ3v) is 3.50. The number of rotatable bonds is 3. The zero-order valence-electron chi connectivity index (χ0n) is 12.7. The van der Waals surface area contributed by atoms with Crippen LogP contribution in [0.5, 0.6) is 0 Å². The van der Waals surface area contributed by atoms with E-state index in [1.165, 1.54) is 0 Å². The van der Waals surface area contributed by atoms with Gasteiger partial charge in [0, 0.05) is 17.3 Å². The number of aryl methyl sites for hydroxylation is 1. The Kier molecular flexibility index (Phi) is 5.75. The van der Waals surface area contributed by atoms with Crippen LogP contribution in [0.25, 0.3) is 0 Å². The maximum absolute atomic E-state index is 11.7. The summed E-state index contributed by atoms with van der Waals surface area (Å²) >= 11 is 5.94. The highest BCUT2D eigenvalue weighted by Gasteiger charge is 2.23. The van der Waals surface area contributed by atoms with E-state index in [2.05, 4.69) is 10.6 Å². The molecule has 1 rings (SSSR count). The van der Waals surface area contributed by atoms with Gasteiger partial charge in [-0.05, 0) is 30.0 Å². The molecule has 0 bridgehead atoms. The van der Waals surface area contributed by atoms with Crippen molar-refractivity contribution in [3.05, 3.63) is 28.8 Å². The Bertz CT molecular complexity index is 538. The molecule has 1 aromatic rings. The van der Waals surface area contributed by atoms with Crippen LogP contribution in [-0.4, -0.2) is 29.6 Å². The smallest absolute Gasteiger partial charge is 0.313 e. The Morgan fingerprint density at radius 2 is 1.90 bits per heavy atom. The molecule has 0 fully saturated rings. The van der Waals surface area contributed by atoms with Gasteiger partial charge in [-0.2, -0.15) is 0 Å². The van der Waals surface area contributed by atoms with Gasteiger partial charge < -0.3 is 15.7 Å². The fraction of sp³-hybridized carbons (Fsp3) is 0.467. The molecule has 0 spiro atoms. The zero-order chi connectivity index (χ0) is 16.2.